The molecule has 3 amide bonds. The number of carbonyl (C=O) groups excluding carboxylic acids is 3. The maximum absolute atomic E-state index is 14.1. The number of benzene rings is 2. The number of nitrogens with zero attached hydrogens (tertiary/aromatic N) is 2. The minimum atomic E-state index is -1.28. The number of amides is 3. The van der Waals surface area contributed by atoms with Crippen LogP contribution in [0.4, 0.5) is 11.4 Å². The molecular formula is C25H24ClN3O6. The third-order valence-electron chi connectivity index (χ3n) is 7.86. The SMILES string of the molecule is COc1cc(N2C(=O)[C@H]3[C@@H](C2=O)[C@]2(C(=O)Nc4ccc(Cl)cc42)N2CCC[C@@H]32)cc(OC)c1OC. The van der Waals surface area contributed by atoms with Gasteiger partial charge in [0.15, 0.2) is 11.5 Å². The van der Waals surface area contributed by atoms with Crippen molar-refractivity contribution >= 4 is 40.7 Å². The van der Waals surface area contributed by atoms with Gasteiger partial charge in [0.2, 0.25) is 23.5 Å². The highest BCUT2D eigenvalue weighted by atomic mass is 35.5. The molecule has 4 aliphatic rings. The highest BCUT2D eigenvalue weighted by Gasteiger charge is 2.74. The molecule has 1 spiro atoms. The fourth-order valence-electron chi connectivity index (χ4n) is 6.63. The fourth-order valence-corrected chi connectivity index (χ4v) is 6.80. The van der Waals surface area contributed by atoms with Crippen molar-refractivity contribution in [2.75, 3.05) is 38.1 Å². The zero-order valence-corrected chi connectivity index (χ0v) is 20.2. The first-order valence-corrected chi connectivity index (χ1v) is 11.8. The second-order valence-electron chi connectivity index (χ2n) is 9.21. The molecule has 0 saturated carbocycles. The van der Waals surface area contributed by atoms with Gasteiger partial charge in [0.05, 0.1) is 38.9 Å². The second-order valence-corrected chi connectivity index (χ2v) is 9.65. The Morgan fingerprint density at radius 2 is 1.71 bits per heavy atom. The van der Waals surface area contributed by atoms with E-state index in [0.29, 0.717) is 45.8 Å². The second kappa shape index (κ2) is 7.60. The number of halogens is 1. The number of hydrogen-bond donors (Lipinski definition) is 1. The number of methoxy groups -OCH3 is 3. The topological polar surface area (TPSA) is 97.4 Å². The Bertz CT molecular complexity index is 1270. The molecule has 0 aromatic heterocycles. The quantitative estimate of drug-likeness (QED) is 0.649. The summed E-state index contributed by atoms with van der Waals surface area (Å²) in [5, 5.41) is 3.42. The Kier molecular flexibility index (Phi) is 4.82. The van der Waals surface area contributed by atoms with Crippen LogP contribution in [0, 0.1) is 11.8 Å². The highest BCUT2D eigenvalue weighted by Crippen LogP contribution is 2.61. The summed E-state index contributed by atoms with van der Waals surface area (Å²) in [7, 11) is 4.42. The molecular weight excluding hydrogens is 474 g/mol. The molecule has 3 saturated heterocycles. The summed E-state index contributed by atoms with van der Waals surface area (Å²) >= 11 is 6.34. The first kappa shape index (κ1) is 22.2. The molecule has 10 heteroatoms. The van der Waals surface area contributed by atoms with Crippen LogP contribution in [0.3, 0.4) is 0 Å². The van der Waals surface area contributed by atoms with E-state index in [4.69, 9.17) is 25.8 Å². The van der Waals surface area contributed by atoms with Gasteiger partial charge in [-0.05, 0) is 37.6 Å². The lowest BCUT2D eigenvalue weighted by atomic mass is 9.75. The van der Waals surface area contributed by atoms with Crippen molar-refractivity contribution in [2.24, 2.45) is 11.8 Å². The van der Waals surface area contributed by atoms with Gasteiger partial charge in [0, 0.05) is 34.4 Å². The number of anilines is 2. The van der Waals surface area contributed by atoms with E-state index >= 15 is 0 Å². The molecule has 3 fully saturated rings. The summed E-state index contributed by atoms with van der Waals surface area (Å²) in [6.45, 7) is 0.627. The lowest BCUT2D eigenvalue weighted by Crippen LogP contribution is -2.54. The molecule has 35 heavy (non-hydrogen) atoms. The predicted molar refractivity (Wildman–Crippen MR) is 127 cm³/mol. The molecule has 1 N–H and O–H groups in total. The van der Waals surface area contributed by atoms with Crippen LogP contribution in [0.15, 0.2) is 30.3 Å². The average molecular weight is 498 g/mol. The number of hydrogen-bond acceptors (Lipinski definition) is 7. The maximum Gasteiger partial charge on any atom is 0.250 e. The first-order valence-electron chi connectivity index (χ1n) is 11.4. The van der Waals surface area contributed by atoms with E-state index in [9.17, 15) is 14.4 Å². The lowest BCUT2D eigenvalue weighted by molar-refractivity contribution is -0.135. The number of nitrogens with one attached hydrogen (secondary N) is 1. The third kappa shape index (κ3) is 2.65. The number of rotatable bonds is 4. The third-order valence-corrected chi connectivity index (χ3v) is 8.10. The van der Waals surface area contributed by atoms with Crippen molar-refractivity contribution in [3.63, 3.8) is 0 Å². The van der Waals surface area contributed by atoms with E-state index in [1.807, 2.05) is 0 Å². The van der Waals surface area contributed by atoms with Crippen molar-refractivity contribution in [2.45, 2.75) is 24.4 Å². The smallest absolute Gasteiger partial charge is 0.250 e. The van der Waals surface area contributed by atoms with Gasteiger partial charge < -0.3 is 19.5 Å². The largest absolute Gasteiger partial charge is 0.493 e. The van der Waals surface area contributed by atoms with Crippen LogP contribution in [0.1, 0.15) is 18.4 Å². The molecule has 182 valence electrons. The first-order chi connectivity index (χ1) is 16.9. The molecule has 6 rings (SSSR count). The average Bonchev–Trinajstić information content (AvgIpc) is 3.56. The fraction of sp³-hybridized carbons (Fsp3) is 0.400. The van der Waals surface area contributed by atoms with E-state index in [-0.39, 0.29) is 17.9 Å². The van der Waals surface area contributed by atoms with Crippen LogP contribution in [0.5, 0.6) is 17.2 Å². The van der Waals surface area contributed by atoms with E-state index in [2.05, 4.69) is 10.2 Å². The van der Waals surface area contributed by atoms with Gasteiger partial charge in [0.25, 0.3) is 0 Å². The molecule has 0 unspecified atom stereocenters. The van der Waals surface area contributed by atoms with Gasteiger partial charge in [0.1, 0.15) is 5.54 Å². The monoisotopic (exact) mass is 497 g/mol. The Labute approximate surface area is 206 Å². The van der Waals surface area contributed by atoms with Crippen LogP contribution in [-0.2, 0) is 19.9 Å². The summed E-state index contributed by atoms with van der Waals surface area (Å²) in [4.78, 5) is 45.0. The predicted octanol–water partition coefficient (Wildman–Crippen LogP) is 2.80. The summed E-state index contributed by atoms with van der Waals surface area (Å²) in [5.41, 5.74) is 0.307. The maximum atomic E-state index is 14.1. The molecule has 4 atom stereocenters. The van der Waals surface area contributed by atoms with Gasteiger partial charge in [-0.2, -0.15) is 0 Å². The molecule has 4 heterocycles. The van der Waals surface area contributed by atoms with Crippen LogP contribution in [0.2, 0.25) is 5.02 Å². The lowest BCUT2D eigenvalue weighted by Gasteiger charge is -2.36. The van der Waals surface area contributed by atoms with Crippen LogP contribution in [-0.4, -0.2) is 56.5 Å². The van der Waals surface area contributed by atoms with Gasteiger partial charge in [-0.25, -0.2) is 4.90 Å². The normalized spacial score (nSPS) is 28.9. The summed E-state index contributed by atoms with van der Waals surface area (Å²) in [6, 6.07) is 8.14. The van der Waals surface area contributed by atoms with Crippen molar-refractivity contribution in [1.29, 1.82) is 0 Å². The Balaban J connectivity index is 1.53. The van der Waals surface area contributed by atoms with Gasteiger partial charge in [-0.15, -0.1) is 0 Å². The van der Waals surface area contributed by atoms with Crippen LogP contribution >= 0.6 is 11.6 Å². The Morgan fingerprint density at radius 1 is 1.00 bits per heavy atom. The van der Waals surface area contributed by atoms with E-state index in [0.717, 1.165) is 12.8 Å². The van der Waals surface area contributed by atoms with Crippen LogP contribution < -0.4 is 24.4 Å². The Morgan fingerprint density at radius 3 is 2.37 bits per heavy atom. The number of fused-ring (bicyclic) bond motifs is 7. The standard InChI is InChI=1S/C25H24ClN3O6/c1-33-17-10-13(11-18(34-2)21(17)35-3)29-22(30)19-16-5-4-8-28(16)25(20(19)23(29)31)14-9-12(26)6-7-15(14)27-24(25)32/h6-7,9-11,16,19-20H,4-5,8H2,1-3H3,(H,27,32)/t16-,19+,20-,25+/m0/s1. The summed E-state index contributed by atoms with van der Waals surface area (Å²) in [5.74, 6) is -1.56. The van der Waals surface area contributed by atoms with Gasteiger partial charge in [-0.1, -0.05) is 11.6 Å². The van der Waals surface area contributed by atoms with Crippen LogP contribution in [0.25, 0.3) is 0 Å². The minimum Gasteiger partial charge on any atom is -0.493 e. The number of ether oxygens (including phenoxy) is 3. The van der Waals surface area contributed by atoms with Crippen molar-refractivity contribution < 1.29 is 28.6 Å². The summed E-state index contributed by atoms with van der Waals surface area (Å²) < 4.78 is 16.3. The number of imide groups is 1. The summed E-state index contributed by atoms with van der Waals surface area (Å²) in [6.07, 6.45) is 1.57. The molecule has 2 aromatic rings. The molecule has 2 aromatic carbocycles. The van der Waals surface area contributed by atoms with Crippen molar-refractivity contribution in [1.82, 2.24) is 4.90 Å². The molecule has 0 aliphatic carbocycles. The van der Waals surface area contributed by atoms with Crippen molar-refractivity contribution in [3.8, 4) is 17.2 Å². The zero-order chi connectivity index (χ0) is 24.6. The molecule has 0 radical (unpaired) electrons. The van der Waals surface area contributed by atoms with Gasteiger partial charge in [-0.3, -0.25) is 19.3 Å². The molecule has 9 nitrogen and oxygen atoms in total. The highest BCUT2D eigenvalue weighted by molar-refractivity contribution is 6.31. The van der Waals surface area contributed by atoms with E-state index in [1.165, 1.54) is 26.2 Å². The Hall–Kier alpha value is -3.30. The zero-order valence-electron chi connectivity index (χ0n) is 19.5. The van der Waals surface area contributed by atoms with E-state index < -0.39 is 23.3 Å². The molecule has 4 aliphatic heterocycles. The van der Waals surface area contributed by atoms with E-state index in [1.54, 1.807) is 30.3 Å². The van der Waals surface area contributed by atoms with Gasteiger partial charge >= 0.3 is 0 Å². The minimum absolute atomic E-state index is 0.223. The van der Waals surface area contributed by atoms with Crippen molar-refractivity contribution in [3.05, 3.63) is 40.9 Å². The number of carbonyl (C=O) groups is 3. The molecule has 0 bridgehead atoms.